The lowest BCUT2D eigenvalue weighted by Gasteiger charge is -2.43. The van der Waals surface area contributed by atoms with Gasteiger partial charge in [0.15, 0.2) is 0 Å². The van der Waals surface area contributed by atoms with Crippen LogP contribution in [0.4, 0.5) is 0 Å². The van der Waals surface area contributed by atoms with Crippen molar-refractivity contribution in [3.63, 3.8) is 0 Å². The molecule has 3 aromatic carbocycles. The van der Waals surface area contributed by atoms with E-state index in [4.69, 9.17) is 0 Å². The number of carbonyl (C=O) groups is 2. The molecule has 1 aliphatic rings. The summed E-state index contributed by atoms with van der Waals surface area (Å²) in [6.45, 7) is 5.06. The highest BCUT2D eigenvalue weighted by molar-refractivity contribution is 5.85. The Morgan fingerprint density at radius 1 is 0.872 bits per heavy atom. The minimum absolute atomic E-state index is 0. The molecular formula is C33H42ClN3O2. The number of nitrogens with one attached hydrogen (secondary N) is 1. The number of likely N-dealkylation sites (tertiary alicyclic amines) is 1. The molecule has 6 heteroatoms. The van der Waals surface area contributed by atoms with E-state index >= 15 is 0 Å². The summed E-state index contributed by atoms with van der Waals surface area (Å²) in [4.78, 5) is 30.0. The highest BCUT2D eigenvalue weighted by atomic mass is 35.5. The zero-order valence-corrected chi connectivity index (χ0v) is 24.0. The lowest BCUT2D eigenvalue weighted by Crippen LogP contribution is -2.52. The van der Waals surface area contributed by atoms with Crippen LogP contribution in [-0.2, 0) is 28.1 Å². The van der Waals surface area contributed by atoms with E-state index in [1.54, 1.807) is 6.92 Å². The summed E-state index contributed by atoms with van der Waals surface area (Å²) >= 11 is 0. The molecule has 0 spiro atoms. The van der Waals surface area contributed by atoms with Crippen molar-refractivity contribution in [3.8, 4) is 0 Å². The number of hydrogen-bond acceptors (Lipinski definition) is 3. The third-order valence-corrected chi connectivity index (χ3v) is 7.79. The quantitative estimate of drug-likeness (QED) is 0.328. The molecule has 1 fully saturated rings. The van der Waals surface area contributed by atoms with Crippen molar-refractivity contribution in [3.05, 3.63) is 108 Å². The largest absolute Gasteiger partial charge is 0.347 e. The second-order valence-corrected chi connectivity index (χ2v) is 10.7. The SMILES string of the molecule is CC(=O)NC1(c2ccccc2)CCN(CCCC(Cc2ccccc2)C(=O)N(C)Cc2ccccc2)CC1.Cl. The molecule has 1 heterocycles. The van der Waals surface area contributed by atoms with Crippen molar-refractivity contribution in [2.24, 2.45) is 5.92 Å². The predicted molar refractivity (Wildman–Crippen MR) is 161 cm³/mol. The summed E-state index contributed by atoms with van der Waals surface area (Å²) in [5.74, 6) is 0.188. The smallest absolute Gasteiger partial charge is 0.226 e. The van der Waals surface area contributed by atoms with Gasteiger partial charge >= 0.3 is 0 Å². The fraction of sp³-hybridized carbons (Fsp3) is 0.394. The summed E-state index contributed by atoms with van der Waals surface area (Å²) in [5, 5.41) is 3.27. The van der Waals surface area contributed by atoms with Crippen molar-refractivity contribution in [1.82, 2.24) is 15.1 Å². The number of nitrogens with zero attached hydrogens (tertiary/aromatic N) is 2. The maximum absolute atomic E-state index is 13.6. The maximum atomic E-state index is 13.6. The highest BCUT2D eigenvalue weighted by Gasteiger charge is 2.36. The fourth-order valence-corrected chi connectivity index (χ4v) is 5.76. The van der Waals surface area contributed by atoms with E-state index in [9.17, 15) is 9.59 Å². The lowest BCUT2D eigenvalue weighted by molar-refractivity contribution is -0.135. The van der Waals surface area contributed by atoms with E-state index in [0.717, 1.165) is 57.3 Å². The lowest BCUT2D eigenvalue weighted by atomic mass is 9.80. The molecule has 0 aliphatic carbocycles. The maximum Gasteiger partial charge on any atom is 0.226 e. The molecule has 1 aliphatic heterocycles. The van der Waals surface area contributed by atoms with Crippen LogP contribution in [0.2, 0.25) is 0 Å². The van der Waals surface area contributed by atoms with Gasteiger partial charge in [-0.15, -0.1) is 12.4 Å². The van der Waals surface area contributed by atoms with Crippen molar-refractivity contribution in [1.29, 1.82) is 0 Å². The molecular weight excluding hydrogens is 506 g/mol. The van der Waals surface area contributed by atoms with Gasteiger partial charge in [-0.2, -0.15) is 0 Å². The van der Waals surface area contributed by atoms with Gasteiger partial charge in [-0.3, -0.25) is 9.59 Å². The highest BCUT2D eigenvalue weighted by Crippen LogP contribution is 2.33. The third-order valence-electron chi connectivity index (χ3n) is 7.79. The van der Waals surface area contributed by atoms with Gasteiger partial charge in [0.2, 0.25) is 11.8 Å². The first kappa shape index (κ1) is 30.4. The van der Waals surface area contributed by atoms with Gasteiger partial charge in [0.1, 0.15) is 0 Å². The number of halogens is 1. The van der Waals surface area contributed by atoms with Crippen LogP contribution in [0.15, 0.2) is 91.0 Å². The molecule has 2 amide bonds. The first-order valence-electron chi connectivity index (χ1n) is 13.8. The average molecular weight is 548 g/mol. The Labute approximate surface area is 240 Å². The number of carbonyl (C=O) groups excluding carboxylic acids is 2. The molecule has 0 radical (unpaired) electrons. The van der Waals surface area contributed by atoms with Gasteiger partial charge in [-0.25, -0.2) is 0 Å². The summed E-state index contributed by atoms with van der Waals surface area (Å²) < 4.78 is 0. The van der Waals surface area contributed by atoms with Crippen molar-refractivity contribution < 1.29 is 9.59 Å². The molecule has 1 N–H and O–H groups in total. The molecule has 4 rings (SSSR count). The van der Waals surface area contributed by atoms with Gasteiger partial charge < -0.3 is 15.1 Å². The first-order valence-corrected chi connectivity index (χ1v) is 13.8. The second-order valence-electron chi connectivity index (χ2n) is 10.7. The first-order chi connectivity index (χ1) is 18.4. The third kappa shape index (κ3) is 8.67. The molecule has 0 saturated carbocycles. The number of piperidine rings is 1. The minimum atomic E-state index is -0.296. The number of rotatable bonds is 11. The standard InChI is InChI=1S/C33H41N3O2.ClH/c1-27(37)34-33(31-18-10-5-11-19-31)20-23-36(24-21-33)22-12-17-30(25-28-13-6-3-7-14-28)32(38)35(2)26-29-15-8-4-9-16-29;/h3-11,13-16,18-19,30H,12,17,20-26H2,1-2H3,(H,34,37);1H. The van der Waals surface area contributed by atoms with E-state index in [0.29, 0.717) is 6.54 Å². The van der Waals surface area contributed by atoms with Crippen LogP contribution in [0.5, 0.6) is 0 Å². The van der Waals surface area contributed by atoms with E-state index in [1.165, 1.54) is 11.1 Å². The average Bonchev–Trinajstić information content (AvgIpc) is 2.94. The molecule has 3 aromatic rings. The Kier molecular flexibility index (Phi) is 11.6. The van der Waals surface area contributed by atoms with Gasteiger partial charge in [-0.1, -0.05) is 91.0 Å². The molecule has 0 bridgehead atoms. The Morgan fingerprint density at radius 2 is 1.41 bits per heavy atom. The van der Waals surface area contributed by atoms with E-state index in [1.807, 2.05) is 66.5 Å². The van der Waals surface area contributed by atoms with E-state index in [2.05, 4.69) is 46.6 Å². The Balaban J connectivity index is 0.00000420. The van der Waals surface area contributed by atoms with E-state index in [-0.39, 0.29) is 35.7 Å². The topological polar surface area (TPSA) is 52.7 Å². The summed E-state index contributed by atoms with van der Waals surface area (Å²) in [7, 11) is 1.92. The van der Waals surface area contributed by atoms with Gasteiger partial charge in [0.25, 0.3) is 0 Å². The summed E-state index contributed by atoms with van der Waals surface area (Å²) in [6, 6.07) is 30.9. The second kappa shape index (κ2) is 14.9. The number of hydrogen-bond donors (Lipinski definition) is 1. The molecule has 208 valence electrons. The van der Waals surface area contributed by atoms with Crippen LogP contribution < -0.4 is 5.32 Å². The summed E-state index contributed by atoms with van der Waals surface area (Å²) in [6.07, 6.45) is 4.38. The van der Waals surface area contributed by atoms with E-state index < -0.39 is 0 Å². The van der Waals surface area contributed by atoms with Crippen LogP contribution in [-0.4, -0.2) is 48.3 Å². The molecule has 1 unspecified atom stereocenters. The van der Waals surface area contributed by atoms with Gasteiger partial charge in [0.05, 0.1) is 5.54 Å². The fourth-order valence-electron chi connectivity index (χ4n) is 5.76. The monoisotopic (exact) mass is 547 g/mol. The Bertz CT molecular complexity index is 1150. The van der Waals surface area contributed by atoms with Crippen LogP contribution in [0.1, 0.15) is 49.3 Å². The number of benzene rings is 3. The van der Waals surface area contributed by atoms with Crippen molar-refractivity contribution in [2.75, 3.05) is 26.7 Å². The van der Waals surface area contributed by atoms with Crippen LogP contribution in [0, 0.1) is 5.92 Å². The van der Waals surface area contributed by atoms with Crippen LogP contribution in [0.25, 0.3) is 0 Å². The minimum Gasteiger partial charge on any atom is -0.347 e. The normalized spacial score (nSPS) is 15.5. The molecule has 5 nitrogen and oxygen atoms in total. The Hall–Kier alpha value is -3.15. The Morgan fingerprint density at radius 3 is 1.97 bits per heavy atom. The predicted octanol–water partition coefficient (Wildman–Crippen LogP) is 5.83. The zero-order valence-electron chi connectivity index (χ0n) is 23.2. The van der Waals surface area contributed by atoms with Gasteiger partial charge in [-0.05, 0) is 55.3 Å². The molecule has 39 heavy (non-hydrogen) atoms. The molecule has 0 aromatic heterocycles. The molecule has 1 atom stereocenters. The summed E-state index contributed by atoms with van der Waals surface area (Å²) in [5.41, 5.74) is 3.25. The zero-order chi connectivity index (χ0) is 26.8. The molecule has 1 saturated heterocycles. The number of amides is 2. The van der Waals surface area contributed by atoms with Crippen LogP contribution in [0.3, 0.4) is 0 Å². The van der Waals surface area contributed by atoms with Crippen molar-refractivity contribution >= 4 is 24.2 Å². The van der Waals surface area contributed by atoms with Crippen LogP contribution >= 0.6 is 12.4 Å². The van der Waals surface area contributed by atoms with Crippen molar-refractivity contribution in [2.45, 2.75) is 51.1 Å². The van der Waals surface area contributed by atoms with Gasteiger partial charge in [0, 0.05) is 39.5 Å².